The normalized spacial score (nSPS) is 15.3. The summed E-state index contributed by atoms with van der Waals surface area (Å²) >= 11 is 0. The van der Waals surface area contributed by atoms with Crippen LogP contribution in [-0.4, -0.2) is 64.2 Å². The van der Waals surface area contributed by atoms with Crippen molar-refractivity contribution in [2.45, 2.75) is 12.5 Å². The number of carbonyl (C=O) groups is 1. The smallest absolute Gasteiger partial charge is 0.290 e. The summed E-state index contributed by atoms with van der Waals surface area (Å²) < 4.78 is 22.5. The molecule has 8 heteroatoms. The Bertz CT molecular complexity index is 1220. The largest absolute Gasteiger partial charge is 0.493 e. The average Bonchev–Trinajstić information content (AvgIpc) is 3.09. The monoisotopic (exact) mass is 452 g/mol. The van der Waals surface area contributed by atoms with Gasteiger partial charge in [0.1, 0.15) is 5.58 Å². The Morgan fingerprint density at radius 3 is 2.27 bits per heavy atom. The van der Waals surface area contributed by atoms with Gasteiger partial charge in [-0.2, -0.15) is 0 Å². The number of hydrogen-bond acceptors (Lipinski definition) is 7. The van der Waals surface area contributed by atoms with Crippen molar-refractivity contribution in [3.8, 4) is 17.2 Å². The van der Waals surface area contributed by atoms with E-state index in [1.165, 1.54) is 21.3 Å². The number of fused-ring (bicyclic) bond motifs is 2. The third-order valence-corrected chi connectivity index (χ3v) is 5.88. The Labute approximate surface area is 192 Å². The van der Waals surface area contributed by atoms with Crippen molar-refractivity contribution in [2.75, 3.05) is 48.5 Å². The van der Waals surface area contributed by atoms with E-state index in [4.69, 9.17) is 18.6 Å². The van der Waals surface area contributed by atoms with Crippen LogP contribution in [0.2, 0.25) is 0 Å². The number of para-hydroxylation sites is 1. The highest BCUT2D eigenvalue weighted by atomic mass is 16.5. The number of hydrogen-bond donors (Lipinski definition) is 0. The maximum Gasteiger partial charge on any atom is 0.290 e. The van der Waals surface area contributed by atoms with Crippen molar-refractivity contribution in [3.05, 3.63) is 63.5 Å². The first-order chi connectivity index (χ1) is 15.9. The van der Waals surface area contributed by atoms with Crippen LogP contribution in [0.25, 0.3) is 11.0 Å². The molecule has 4 rings (SSSR count). The number of rotatable bonds is 8. The SMILES string of the molecule is COc1cc([C@H]2c3c(oc4ccccc4c3=O)C(=O)N2CCCN(C)C)cc(OC)c1OC. The van der Waals surface area contributed by atoms with Gasteiger partial charge in [-0.15, -0.1) is 0 Å². The lowest BCUT2D eigenvalue weighted by Gasteiger charge is -2.27. The van der Waals surface area contributed by atoms with Crippen LogP contribution in [0.1, 0.15) is 34.1 Å². The van der Waals surface area contributed by atoms with Crippen LogP contribution in [0.3, 0.4) is 0 Å². The predicted octanol–water partition coefficient (Wildman–Crippen LogP) is 3.32. The van der Waals surface area contributed by atoms with Crippen LogP contribution in [-0.2, 0) is 0 Å². The minimum absolute atomic E-state index is 0.0855. The first-order valence-corrected chi connectivity index (χ1v) is 10.7. The molecule has 33 heavy (non-hydrogen) atoms. The van der Waals surface area contributed by atoms with Gasteiger partial charge in [-0.25, -0.2) is 0 Å². The molecule has 8 nitrogen and oxygen atoms in total. The van der Waals surface area contributed by atoms with Gasteiger partial charge in [0, 0.05) is 6.54 Å². The summed E-state index contributed by atoms with van der Waals surface area (Å²) in [5.74, 6) is 1.13. The lowest BCUT2D eigenvalue weighted by molar-refractivity contribution is 0.0722. The molecule has 1 atom stereocenters. The van der Waals surface area contributed by atoms with Crippen molar-refractivity contribution in [3.63, 3.8) is 0 Å². The second kappa shape index (κ2) is 9.15. The number of nitrogens with zero attached hydrogens (tertiary/aromatic N) is 2. The highest BCUT2D eigenvalue weighted by Crippen LogP contribution is 2.45. The third-order valence-electron chi connectivity index (χ3n) is 5.88. The number of carbonyl (C=O) groups excluding carboxylic acids is 1. The van der Waals surface area contributed by atoms with Gasteiger partial charge in [-0.05, 0) is 56.9 Å². The number of benzene rings is 2. The molecular weight excluding hydrogens is 424 g/mol. The van der Waals surface area contributed by atoms with E-state index < -0.39 is 6.04 Å². The van der Waals surface area contributed by atoms with Crippen LogP contribution >= 0.6 is 0 Å². The van der Waals surface area contributed by atoms with Crippen molar-refractivity contribution in [1.82, 2.24) is 9.80 Å². The van der Waals surface area contributed by atoms with Crippen molar-refractivity contribution in [2.24, 2.45) is 0 Å². The zero-order valence-electron chi connectivity index (χ0n) is 19.5. The summed E-state index contributed by atoms with van der Waals surface area (Å²) in [4.78, 5) is 30.8. The summed E-state index contributed by atoms with van der Waals surface area (Å²) in [6.07, 6.45) is 0.737. The fourth-order valence-electron chi connectivity index (χ4n) is 4.36. The van der Waals surface area contributed by atoms with Crippen LogP contribution in [0.4, 0.5) is 0 Å². The maximum atomic E-state index is 13.6. The first kappa shape index (κ1) is 22.7. The number of amides is 1. The van der Waals surface area contributed by atoms with Crippen LogP contribution < -0.4 is 19.6 Å². The second-order valence-electron chi connectivity index (χ2n) is 8.19. The molecule has 1 amide bonds. The Hall–Kier alpha value is -3.52. The Morgan fingerprint density at radius 2 is 1.67 bits per heavy atom. The van der Waals surface area contributed by atoms with Gasteiger partial charge >= 0.3 is 0 Å². The van der Waals surface area contributed by atoms with E-state index in [2.05, 4.69) is 4.90 Å². The molecule has 1 aliphatic rings. The summed E-state index contributed by atoms with van der Waals surface area (Å²) in [5, 5.41) is 0.441. The minimum Gasteiger partial charge on any atom is -0.493 e. The topological polar surface area (TPSA) is 81.5 Å². The number of ether oxygens (including phenoxy) is 3. The van der Waals surface area contributed by atoms with E-state index in [9.17, 15) is 9.59 Å². The van der Waals surface area contributed by atoms with Gasteiger partial charge < -0.3 is 28.4 Å². The Balaban J connectivity index is 1.93. The summed E-state index contributed by atoms with van der Waals surface area (Å²) in [7, 11) is 8.56. The van der Waals surface area contributed by atoms with Gasteiger partial charge in [0.2, 0.25) is 11.5 Å². The molecular formula is C25H28N2O6. The van der Waals surface area contributed by atoms with Gasteiger partial charge in [0.15, 0.2) is 16.9 Å². The minimum atomic E-state index is -0.635. The van der Waals surface area contributed by atoms with Gasteiger partial charge in [0.05, 0.1) is 38.3 Å². The fraction of sp³-hybridized carbons (Fsp3) is 0.360. The maximum absolute atomic E-state index is 13.6. The molecule has 174 valence electrons. The molecule has 3 aromatic rings. The third kappa shape index (κ3) is 3.91. The van der Waals surface area contributed by atoms with Crippen molar-refractivity contribution in [1.29, 1.82) is 0 Å². The summed E-state index contributed by atoms with van der Waals surface area (Å²) in [6, 6.07) is 9.91. The van der Waals surface area contributed by atoms with E-state index in [1.807, 2.05) is 14.1 Å². The fourth-order valence-corrected chi connectivity index (χ4v) is 4.36. The molecule has 2 aromatic carbocycles. The molecule has 0 bridgehead atoms. The zero-order valence-corrected chi connectivity index (χ0v) is 19.5. The van der Waals surface area contributed by atoms with E-state index in [-0.39, 0.29) is 17.1 Å². The standard InChI is InChI=1S/C25H28N2O6/c1-26(2)11-8-12-27-21(15-13-18(30-3)23(32-5)19(14-15)31-4)20-22(28)16-9-6-7-10-17(16)33-24(20)25(27)29/h6-7,9-10,13-14,21H,8,11-12H2,1-5H3/t21-/m0/s1. The highest BCUT2D eigenvalue weighted by molar-refractivity contribution is 5.99. The van der Waals surface area contributed by atoms with E-state index >= 15 is 0 Å². The highest BCUT2D eigenvalue weighted by Gasteiger charge is 2.43. The lowest BCUT2D eigenvalue weighted by atomic mass is 9.97. The Morgan fingerprint density at radius 1 is 1.00 bits per heavy atom. The van der Waals surface area contributed by atoms with Crippen molar-refractivity contribution >= 4 is 16.9 Å². The predicted molar refractivity (Wildman–Crippen MR) is 125 cm³/mol. The first-order valence-electron chi connectivity index (χ1n) is 10.7. The van der Waals surface area contributed by atoms with Gasteiger partial charge in [0.25, 0.3) is 5.91 Å². The van der Waals surface area contributed by atoms with Crippen LogP contribution in [0, 0.1) is 0 Å². The molecule has 1 aliphatic heterocycles. The second-order valence-corrected chi connectivity index (χ2v) is 8.19. The van der Waals surface area contributed by atoms with E-state index in [1.54, 1.807) is 41.3 Å². The molecule has 0 radical (unpaired) electrons. The lowest BCUT2D eigenvalue weighted by Crippen LogP contribution is -2.32. The quantitative estimate of drug-likeness (QED) is 0.519. The number of methoxy groups -OCH3 is 3. The summed E-state index contributed by atoms with van der Waals surface area (Å²) in [5.41, 5.74) is 1.20. The van der Waals surface area contributed by atoms with Crippen molar-refractivity contribution < 1.29 is 23.4 Å². The molecule has 0 aliphatic carbocycles. The molecule has 0 fully saturated rings. The molecule has 0 unspecified atom stereocenters. The van der Waals surface area contributed by atoms with Crippen LogP contribution in [0.15, 0.2) is 45.6 Å². The van der Waals surface area contributed by atoms with E-state index in [0.717, 1.165) is 13.0 Å². The molecule has 0 saturated heterocycles. The van der Waals surface area contributed by atoms with Gasteiger partial charge in [-0.3, -0.25) is 9.59 Å². The molecule has 0 N–H and O–H groups in total. The molecule has 0 spiro atoms. The van der Waals surface area contributed by atoms with Gasteiger partial charge in [-0.1, -0.05) is 12.1 Å². The van der Waals surface area contributed by atoms with E-state index in [0.29, 0.717) is 45.9 Å². The molecule has 2 heterocycles. The Kier molecular flexibility index (Phi) is 6.29. The zero-order chi connectivity index (χ0) is 23.7. The average molecular weight is 453 g/mol. The molecule has 1 aromatic heterocycles. The molecule has 0 saturated carbocycles. The summed E-state index contributed by atoms with van der Waals surface area (Å²) in [6.45, 7) is 1.25. The van der Waals surface area contributed by atoms with Crippen LogP contribution in [0.5, 0.6) is 17.2 Å².